The predicted molar refractivity (Wildman–Crippen MR) is 96.6 cm³/mol. The molecule has 3 rings (SSSR count). The zero-order valence-electron chi connectivity index (χ0n) is 14.4. The highest BCUT2D eigenvalue weighted by molar-refractivity contribution is 6.03. The van der Waals surface area contributed by atoms with Gasteiger partial charge in [-0.15, -0.1) is 0 Å². The van der Waals surface area contributed by atoms with Crippen LogP contribution in [0.1, 0.15) is 32.0 Å². The molecule has 0 saturated heterocycles. The number of rotatable bonds is 6. The molecule has 0 radical (unpaired) electrons. The summed E-state index contributed by atoms with van der Waals surface area (Å²) >= 11 is 0. The second kappa shape index (κ2) is 7.65. The fourth-order valence-corrected chi connectivity index (χ4v) is 2.83. The van der Waals surface area contributed by atoms with E-state index in [4.69, 9.17) is 0 Å². The molecule has 1 N–H and O–H groups in total. The summed E-state index contributed by atoms with van der Waals surface area (Å²) < 4.78 is 1.21. The Kier molecular flexibility index (Phi) is 5.12. The highest BCUT2D eigenvalue weighted by atomic mass is 16.4. The first-order chi connectivity index (χ1) is 12.6. The molecular weight excluding hydrogens is 330 g/mol. The van der Waals surface area contributed by atoms with Gasteiger partial charge in [0.15, 0.2) is 5.69 Å². The number of amides is 1. The number of hydrogen-bond acceptors (Lipinski definition) is 3. The Morgan fingerprint density at radius 1 is 0.962 bits per heavy atom. The minimum atomic E-state index is -1.17. The number of hydrogen-bond donors (Lipinski definition) is 1. The van der Waals surface area contributed by atoms with E-state index < -0.39 is 5.97 Å². The second-order valence-corrected chi connectivity index (χ2v) is 5.97. The van der Waals surface area contributed by atoms with E-state index in [0.717, 1.165) is 11.1 Å². The summed E-state index contributed by atoms with van der Waals surface area (Å²) in [6, 6.07) is 19.2. The van der Waals surface area contributed by atoms with Gasteiger partial charge in [0, 0.05) is 20.1 Å². The van der Waals surface area contributed by atoms with Gasteiger partial charge in [-0.25, -0.2) is 4.79 Å². The summed E-state index contributed by atoms with van der Waals surface area (Å²) in [6.07, 6.45) is 1.31. The van der Waals surface area contributed by atoms with E-state index in [0.29, 0.717) is 13.1 Å². The van der Waals surface area contributed by atoms with Crippen LogP contribution in [0.3, 0.4) is 0 Å². The molecule has 1 heterocycles. The number of aryl methyl sites for hydroxylation is 1. The van der Waals surface area contributed by atoms with Gasteiger partial charge in [-0.1, -0.05) is 60.7 Å². The molecule has 6 heteroatoms. The molecule has 1 amide bonds. The van der Waals surface area contributed by atoms with Crippen molar-refractivity contribution in [3.05, 3.63) is 89.2 Å². The Labute approximate surface area is 151 Å². The topological polar surface area (TPSA) is 75.4 Å². The fourth-order valence-electron chi connectivity index (χ4n) is 2.83. The Balaban J connectivity index is 1.94. The first kappa shape index (κ1) is 17.4. The van der Waals surface area contributed by atoms with Gasteiger partial charge in [-0.3, -0.25) is 9.48 Å². The van der Waals surface area contributed by atoms with E-state index in [1.807, 2.05) is 60.7 Å². The highest BCUT2D eigenvalue weighted by Crippen LogP contribution is 2.17. The average molecular weight is 349 g/mol. The van der Waals surface area contributed by atoms with Crippen molar-refractivity contribution in [2.24, 2.45) is 7.05 Å². The molecule has 0 atom stereocenters. The molecule has 132 valence electrons. The molecule has 2 aromatic carbocycles. The van der Waals surface area contributed by atoms with Crippen LogP contribution >= 0.6 is 0 Å². The van der Waals surface area contributed by atoms with Gasteiger partial charge < -0.3 is 10.0 Å². The van der Waals surface area contributed by atoms with Gasteiger partial charge in [0.2, 0.25) is 0 Å². The molecule has 0 saturated carbocycles. The van der Waals surface area contributed by atoms with E-state index in [2.05, 4.69) is 5.10 Å². The van der Waals surface area contributed by atoms with E-state index in [1.54, 1.807) is 4.90 Å². The van der Waals surface area contributed by atoms with Crippen molar-refractivity contribution in [2.75, 3.05) is 0 Å². The van der Waals surface area contributed by atoms with Crippen LogP contribution in [0.25, 0.3) is 0 Å². The summed E-state index contributed by atoms with van der Waals surface area (Å²) in [7, 11) is 1.51. The molecular formula is C20H19N3O3. The van der Waals surface area contributed by atoms with Crippen molar-refractivity contribution < 1.29 is 14.7 Å². The molecule has 0 aliphatic heterocycles. The van der Waals surface area contributed by atoms with Crippen molar-refractivity contribution >= 4 is 11.9 Å². The second-order valence-electron chi connectivity index (χ2n) is 5.97. The number of carbonyl (C=O) groups excluding carboxylic acids is 1. The lowest BCUT2D eigenvalue weighted by atomic mass is 10.1. The Bertz CT molecular complexity index is 863. The van der Waals surface area contributed by atoms with Crippen LogP contribution in [0.4, 0.5) is 0 Å². The Hall–Kier alpha value is -3.41. The summed E-state index contributed by atoms with van der Waals surface area (Å²) in [5, 5.41) is 13.4. The van der Waals surface area contributed by atoms with Crippen molar-refractivity contribution in [2.45, 2.75) is 13.1 Å². The van der Waals surface area contributed by atoms with Crippen LogP contribution in [0.15, 0.2) is 66.9 Å². The minimum absolute atomic E-state index is 0.0897. The predicted octanol–water partition coefficient (Wildman–Crippen LogP) is 2.96. The number of aromatic carboxylic acids is 1. The lowest BCUT2D eigenvalue weighted by Gasteiger charge is -2.23. The maximum atomic E-state index is 13.1. The molecule has 6 nitrogen and oxygen atoms in total. The lowest BCUT2D eigenvalue weighted by molar-refractivity contribution is 0.0659. The molecule has 1 aromatic heterocycles. The van der Waals surface area contributed by atoms with Gasteiger partial charge in [0.1, 0.15) is 0 Å². The molecule has 0 unspecified atom stereocenters. The van der Waals surface area contributed by atoms with Crippen LogP contribution in [-0.4, -0.2) is 31.7 Å². The van der Waals surface area contributed by atoms with E-state index >= 15 is 0 Å². The third-order valence-corrected chi connectivity index (χ3v) is 4.09. The Morgan fingerprint density at radius 3 is 1.92 bits per heavy atom. The van der Waals surface area contributed by atoms with Crippen LogP contribution < -0.4 is 0 Å². The maximum absolute atomic E-state index is 13.1. The van der Waals surface area contributed by atoms with Gasteiger partial charge in [-0.2, -0.15) is 5.10 Å². The van der Waals surface area contributed by atoms with Gasteiger partial charge in [0.25, 0.3) is 5.91 Å². The Morgan fingerprint density at radius 2 is 1.46 bits per heavy atom. The zero-order valence-corrected chi connectivity index (χ0v) is 14.4. The van der Waals surface area contributed by atoms with Crippen LogP contribution in [0.5, 0.6) is 0 Å². The summed E-state index contributed by atoms with van der Waals surface area (Å²) in [6.45, 7) is 0.755. The van der Waals surface area contributed by atoms with E-state index in [1.165, 1.54) is 17.9 Å². The molecule has 26 heavy (non-hydrogen) atoms. The molecule has 3 aromatic rings. The zero-order chi connectivity index (χ0) is 18.5. The number of carboxylic acid groups (broad SMARTS) is 1. The third kappa shape index (κ3) is 3.80. The third-order valence-electron chi connectivity index (χ3n) is 4.09. The first-order valence-corrected chi connectivity index (χ1v) is 8.18. The van der Waals surface area contributed by atoms with E-state index in [-0.39, 0.29) is 17.2 Å². The SMILES string of the molecule is Cn1ncc(C(=O)N(Cc2ccccc2)Cc2ccccc2)c1C(=O)O. The van der Waals surface area contributed by atoms with Crippen molar-refractivity contribution in [3.8, 4) is 0 Å². The maximum Gasteiger partial charge on any atom is 0.354 e. The minimum Gasteiger partial charge on any atom is -0.477 e. The number of aromatic nitrogens is 2. The first-order valence-electron chi connectivity index (χ1n) is 8.18. The van der Waals surface area contributed by atoms with Gasteiger partial charge >= 0.3 is 5.97 Å². The molecule has 0 spiro atoms. The van der Waals surface area contributed by atoms with Crippen molar-refractivity contribution in [1.29, 1.82) is 0 Å². The molecule has 0 fully saturated rings. The molecule has 0 aliphatic carbocycles. The highest BCUT2D eigenvalue weighted by Gasteiger charge is 2.26. The van der Waals surface area contributed by atoms with Gasteiger partial charge in [-0.05, 0) is 11.1 Å². The van der Waals surface area contributed by atoms with Gasteiger partial charge in [0.05, 0.1) is 11.8 Å². The van der Waals surface area contributed by atoms with Crippen LogP contribution in [-0.2, 0) is 20.1 Å². The standard InChI is InChI=1S/C20H19N3O3/c1-22-18(20(25)26)17(12-21-22)19(24)23(13-15-8-4-2-5-9-15)14-16-10-6-3-7-11-16/h2-12H,13-14H2,1H3,(H,25,26). The lowest BCUT2D eigenvalue weighted by Crippen LogP contribution is -2.31. The molecule has 0 bridgehead atoms. The summed E-state index contributed by atoms with van der Waals surface area (Å²) in [5.74, 6) is -1.53. The molecule has 0 aliphatic rings. The average Bonchev–Trinajstić information content (AvgIpc) is 3.04. The van der Waals surface area contributed by atoms with Crippen LogP contribution in [0.2, 0.25) is 0 Å². The summed E-state index contributed by atoms with van der Waals surface area (Å²) in [4.78, 5) is 26.3. The largest absolute Gasteiger partial charge is 0.477 e. The monoisotopic (exact) mass is 349 g/mol. The summed E-state index contributed by atoms with van der Waals surface area (Å²) in [5.41, 5.74) is 1.92. The number of carboxylic acids is 1. The van der Waals surface area contributed by atoms with Crippen LogP contribution in [0, 0.1) is 0 Å². The number of nitrogens with zero attached hydrogens (tertiary/aromatic N) is 3. The smallest absolute Gasteiger partial charge is 0.354 e. The van der Waals surface area contributed by atoms with E-state index in [9.17, 15) is 14.7 Å². The fraction of sp³-hybridized carbons (Fsp3) is 0.150. The van der Waals surface area contributed by atoms with Crippen molar-refractivity contribution in [1.82, 2.24) is 14.7 Å². The normalized spacial score (nSPS) is 10.5. The quantitative estimate of drug-likeness (QED) is 0.742. The van der Waals surface area contributed by atoms with Crippen molar-refractivity contribution in [3.63, 3.8) is 0 Å². The number of carbonyl (C=O) groups is 2. The number of benzene rings is 2.